The van der Waals surface area contributed by atoms with Crippen LogP contribution in [0.3, 0.4) is 0 Å². The number of hydrogen-bond acceptors (Lipinski definition) is 2. The fourth-order valence-electron chi connectivity index (χ4n) is 0.711. The van der Waals surface area contributed by atoms with Crippen molar-refractivity contribution in [2.75, 3.05) is 12.7 Å². The average Bonchev–Trinajstić information content (AvgIpc) is 1.98. The minimum Gasteiger partial charge on any atom is -0.511 e. The minimum absolute atomic E-state index is 0.198. The van der Waals surface area contributed by atoms with Crippen LogP contribution in [0.5, 0.6) is 0 Å². The van der Waals surface area contributed by atoms with Crippen LogP contribution in [0.15, 0.2) is 12.0 Å². The van der Waals surface area contributed by atoms with Crippen molar-refractivity contribution in [3.63, 3.8) is 0 Å². The van der Waals surface area contributed by atoms with Crippen LogP contribution >= 0.6 is 7.95 Å². The highest BCUT2D eigenvalue weighted by molar-refractivity contribution is 7.42. The molecule has 0 radical (unpaired) electrons. The number of hydrogen-bond donors (Lipinski definition) is 1. The van der Waals surface area contributed by atoms with Crippen LogP contribution in [0.1, 0.15) is 20.8 Å². The van der Waals surface area contributed by atoms with Gasteiger partial charge >= 0.3 is 7.95 Å². The number of aliphatic hydroxyl groups excluding tert-OH is 1. The Morgan fingerprint density at radius 2 is 2.18 bits per heavy atom. The number of aliphatic hydroxyl groups is 1. The lowest BCUT2D eigenvalue weighted by atomic mass is 10.6. The van der Waals surface area contributed by atoms with E-state index in [-0.39, 0.29) is 5.76 Å². The molecule has 0 saturated heterocycles. The molecule has 0 aliphatic carbocycles. The first-order valence-electron chi connectivity index (χ1n) is 3.70. The van der Waals surface area contributed by atoms with Gasteiger partial charge in [-0.2, -0.15) is 4.67 Å². The van der Waals surface area contributed by atoms with Crippen molar-refractivity contribution < 1.29 is 9.67 Å². The van der Waals surface area contributed by atoms with E-state index in [1.807, 2.05) is 13.8 Å². The van der Waals surface area contributed by atoms with E-state index in [1.54, 1.807) is 11.6 Å². The van der Waals surface area contributed by atoms with Crippen molar-refractivity contribution in [1.29, 1.82) is 0 Å². The molecule has 64 valence electrons. The summed E-state index contributed by atoms with van der Waals surface area (Å²) < 4.78 is 12.8. The van der Waals surface area contributed by atoms with E-state index in [0.717, 1.165) is 0 Å². The van der Waals surface area contributed by atoms with E-state index in [0.29, 0.717) is 12.7 Å². The smallest absolute Gasteiger partial charge is 0.461 e. The summed E-state index contributed by atoms with van der Waals surface area (Å²) in [4.78, 5) is 0. The standard InChI is InChI=1S/C7H14NO2P/c1-4-8(6-7(3)9)11(10)5-2/h6H,4-5H2,1-3H3/p+1/b7-6+. The van der Waals surface area contributed by atoms with Gasteiger partial charge in [0.1, 0.15) is 5.76 Å². The molecule has 1 atom stereocenters. The number of nitrogens with zero attached hydrogens (tertiary/aromatic N) is 1. The quantitative estimate of drug-likeness (QED) is 0.528. The molecule has 0 aromatic carbocycles. The molecule has 0 spiro atoms. The van der Waals surface area contributed by atoms with E-state index in [1.165, 1.54) is 6.20 Å². The van der Waals surface area contributed by atoms with Crippen LogP contribution in [0.25, 0.3) is 0 Å². The molecule has 11 heavy (non-hydrogen) atoms. The van der Waals surface area contributed by atoms with Crippen molar-refractivity contribution in [2.24, 2.45) is 0 Å². The van der Waals surface area contributed by atoms with Gasteiger partial charge < -0.3 is 5.11 Å². The van der Waals surface area contributed by atoms with Crippen LogP contribution in [0.4, 0.5) is 0 Å². The second-order valence-electron chi connectivity index (χ2n) is 2.19. The molecule has 1 unspecified atom stereocenters. The van der Waals surface area contributed by atoms with Gasteiger partial charge in [-0.15, -0.1) is 0 Å². The van der Waals surface area contributed by atoms with Crippen molar-refractivity contribution in [3.05, 3.63) is 12.0 Å². The fraction of sp³-hybridized carbons (Fsp3) is 0.714. The Bertz CT molecular complexity index is 164. The van der Waals surface area contributed by atoms with Crippen LogP contribution in [0, 0.1) is 0 Å². The fourth-order valence-corrected chi connectivity index (χ4v) is 1.69. The highest BCUT2D eigenvalue weighted by atomic mass is 31.1. The summed E-state index contributed by atoms with van der Waals surface area (Å²) >= 11 is 0. The van der Waals surface area contributed by atoms with Crippen molar-refractivity contribution >= 4 is 7.95 Å². The third kappa shape index (κ3) is 3.99. The van der Waals surface area contributed by atoms with Gasteiger partial charge in [0.2, 0.25) is 0 Å². The Hall–Kier alpha value is -0.560. The zero-order valence-electron chi connectivity index (χ0n) is 7.24. The van der Waals surface area contributed by atoms with Gasteiger partial charge in [0.15, 0.2) is 6.16 Å². The lowest BCUT2D eigenvalue weighted by Gasteiger charge is -2.03. The molecule has 0 aliphatic heterocycles. The van der Waals surface area contributed by atoms with Crippen molar-refractivity contribution in [1.82, 2.24) is 4.67 Å². The SMILES string of the molecule is CCN(/C=C(\C)O)[P+](=O)CC. The molecule has 0 bridgehead atoms. The maximum atomic E-state index is 11.2. The third-order valence-electron chi connectivity index (χ3n) is 1.22. The number of allylic oxidation sites excluding steroid dienone is 1. The summed E-state index contributed by atoms with van der Waals surface area (Å²) in [5.41, 5.74) is 0. The van der Waals surface area contributed by atoms with Gasteiger partial charge in [-0.05, 0) is 25.3 Å². The molecule has 0 saturated carbocycles. The van der Waals surface area contributed by atoms with Crippen LogP contribution in [0.2, 0.25) is 0 Å². The predicted octanol–water partition coefficient (Wildman–Crippen LogP) is 2.49. The molecular formula is C7H15NO2P+. The summed E-state index contributed by atoms with van der Waals surface area (Å²) in [5, 5.41) is 8.89. The molecule has 3 nitrogen and oxygen atoms in total. The molecule has 4 heteroatoms. The summed E-state index contributed by atoms with van der Waals surface area (Å²) in [6.07, 6.45) is 2.13. The first-order valence-corrected chi connectivity index (χ1v) is 5.10. The lowest BCUT2D eigenvalue weighted by Crippen LogP contribution is -2.08. The van der Waals surface area contributed by atoms with Gasteiger partial charge in [-0.3, -0.25) is 0 Å². The Balaban J connectivity index is 4.17. The Labute approximate surface area is 68.6 Å². The minimum atomic E-state index is -1.33. The highest BCUT2D eigenvalue weighted by Crippen LogP contribution is 2.26. The lowest BCUT2D eigenvalue weighted by molar-refractivity contribution is 0.396. The Morgan fingerprint density at radius 1 is 1.64 bits per heavy atom. The normalized spacial score (nSPS) is 13.0. The van der Waals surface area contributed by atoms with Gasteiger partial charge in [-0.25, -0.2) is 0 Å². The largest absolute Gasteiger partial charge is 0.511 e. The monoisotopic (exact) mass is 176 g/mol. The molecule has 0 rings (SSSR count). The molecule has 0 fully saturated rings. The molecule has 0 heterocycles. The molecule has 0 aliphatic rings. The number of rotatable bonds is 4. The van der Waals surface area contributed by atoms with E-state index in [9.17, 15) is 4.57 Å². The van der Waals surface area contributed by atoms with E-state index in [4.69, 9.17) is 5.11 Å². The Morgan fingerprint density at radius 3 is 2.45 bits per heavy atom. The second-order valence-corrected chi connectivity index (χ2v) is 4.05. The summed E-state index contributed by atoms with van der Waals surface area (Å²) in [7, 11) is -1.33. The molecular weight excluding hydrogens is 161 g/mol. The zero-order valence-corrected chi connectivity index (χ0v) is 8.14. The van der Waals surface area contributed by atoms with Crippen LogP contribution in [-0.4, -0.2) is 22.5 Å². The molecule has 0 amide bonds. The van der Waals surface area contributed by atoms with Gasteiger partial charge in [0.05, 0.1) is 12.7 Å². The molecule has 0 aromatic heterocycles. The van der Waals surface area contributed by atoms with E-state index < -0.39 is 7.95 Å². The van der Waals surface area contributed by atoms with Gasteiger partial charge in [0.25, 0.3) is 0 Å². The topological polar surface area (TPSA) is 40.5 Å². The average molecular weight is 176 g/mol. The van der Waals surface area contributed by atoms with Gasteiger partial charge in [0, 0.05) is 0 Å². The second kappa shape index (κ2) is 5.14. The summed E-state index contributed by atoms with van der Waals surface area (Å²) in [5.74, 6) is 0.198. The van der Waals surface area contributed by atoms with Crippen LogP contribution in [-0.2, 0) is 4.57 Å². The maximum absolute atomic E-state index is 11.2. The van der Waals surface area contributed by atoms with Gasteiger partial charge in [-0.1, -0.05) is 0 Å². The molecule has 0 aromatic rings. The third-order valence-corrected chi connectivity index (χ3v) is 2.73. The first-order chi connectivity index (χ1) is 5.11. The maximum Gasteiger partial charge on any atom is 0.461 e. The van der Waals surface area contributed by atoms with E-state index in [2.05, 4.69) is 0 Å². The van der Waals surface area contributed by atoms with Crippen molar-refractivity contribution in [3.8, 4) is 0 Å². The summed E-state index contributed by atoms with van der Waals surface area (Å²) in [6, 6.07) is 0. The zero-order chi connectivity index (χ0) is 8.85. The molecule has 1 N–H and O–H groups in total. The predicted molar refractivity (Wildman–Crippen MR) is 46.9 cm³/mol. The highest BCUT2D eigenvalue weighted by Gasteiger charge is 2.19. The first kappa shape index (κ1) is 10.4. The van der Waals surface area contributed by atoms with Crippen molar-refractivity contribution in [2.45, 2.75) is 20.8 Å². The summed E-state index contributed by atoms with van der Waals surface area (Å²) in [6.45, 7) is 6.01. The Kier molecular flexibility index (Phi) is 4.88. The van der Waals surface area contributed by atoms with Crippen LogP contribution < -0.4 is 0 Å². The van der Waals surface area contributed by atoms with E-state index >= 15 is 0 Å².